The zero-order chi connectivity index (χ0) is 17.2. The van der Waals surface area contributed by atoms with Crippen molar-refractivity contribution in [2.75, 3.05) is 35.9 Å². The highest BCUT2D eigenvalue weighted by Crippen LogP contribution is 2.32. The van der Waals surface area contributed by atoms with Crippen molar-refractivity contribution < 1.29 is 13.2 Å². The average molecular weight is 432 g/mol. The molecule has 0 radical (unpaired) electrons. The van der Waals surface area contributed by atoms with Gasteiger partial charge in [-0.25, -0.2) is 8.42 Å². The topological polar surface area (TPSA) is 58.6 Å². The zero-order valence-corrected chi connectivity index (χ0v) is 15.9. The summed E-state index contributed by atoms with van der Waals surface area (Å²) in [5.74, 6) is 0. The van der Waals surface area contributed by atoms with E-state index < -0.39 is 10.0 Å². The molecule has 0 amide bonds. The van der Waals surface area contributed by atoms with Crippen LogP contribution in [0.5, 0.6) is 0 Å². The van der Waals surface area contributed by atoms with Crippen molar-refractivity contribution in [3.8, 4) is 0 Å². The van der Waals surface area contributed by atoms with Crippen LogP contribution in [-0.2, 0) is 14.8 Å². The van der Waals surface area contributed by atoms with Gasteiger partial charge in [0.05, 0.1) is 29.5 Å². The number of anilines is 2. The van der Waals surface area contributed by atoms with Gasteiger partial charge in [-0.1, -0.05) is 33.6 Å². The van der Waals surface area contributed by atoms with Crippen molar-refractivity contribution >= 4 is 48.9 Å². The third-order valence-corrected chi connectivity index (χ3v) is 5.75. The van der Waals surface area contributed by atoms with Gasteiger partial charge in [-0.15, -0.1) is 0 Å². The average Bonchev–Trinajstić information content (AvgIpc) is 2.55. The molecule has 0 saturated carbocycles. The molecule has 128 valence electrons. The maximum absolute atomic E-state index is 12.7. The van der Waals surface area contributed by atoms with E-state index >= 15 is 0 Å². The van der Waals surface area contributed by atoms with Crippen molar-refractivity contribution in [2.45, 2.75) is 4.90 Å². The fourth-order valence-electron chi connectivity index (χ4n) is 2.51. The summed E-state index contributed by atoms with van der Waals surface area (Å²) in [4.78, 5) is 2.27. The van der Waals surface area contributed by atoms with Crippen LogP contribution in [-0.4, -0.2) is 34.7 Å². The maximum Gasteiger partial charge on any atom is 0.262 e. The Morgan fingerprint density at radius 3 is 2.58 bits per heavy atom. The maximum atomic E-state index is 12.7. The Morgan fingerprint density at radius 1 is 1.12 bits per heavy atom. The molecule has 8 heteroatoms. The van der Waals surface area contributed by atoms with E-state index in [4.69, 9.17) is 16.3 Å². The highest BCUT2D eigenvalue weighted by atomic mass is 79.9. The number of nitrogens with one attached hydrogen (secondary N) is 1. The quantitative estimate of drug-likeness (QED) is 0.801. The van der Waals surface area contributed by atoms with Gasteiger partial charge in [-0.3, -0.25) is 4.72 Å². The van der Waals surface area contributed by atoms with Gasteiger partial charge in [0, 0.05) is 22.6 Å². The van der Waals surface area contributed by atoms with Gasteiger partial charge in [0.2, 0.25) is 0 Å². The summed E-state index contributed by atoms with van der Waals surface area (Å²) in [6.07, 6.45) is 0. The lowest BCUT2D eigenvalue weighted by Gasteiger charge is -2.30. The first-order chi connectivity index (χ1) is 11.5. The van der Waals surface area contributed by atoms with Crippen LogP contribution < -0.4 is 9.62 Å². The molecule has 1 N–H and O–H groups in total. The number of ether oxygens (including phenoxy) is 1. The first-order valence-electron chi connectivity index (χ1n) is 7.36. The van der Waals surface area contributed by atoms with Crippen LogP contribution in [0.2, 0.25) is 5.02 Å². The summed E-state index contributed by atoms with van der Waals surface area (Å²) in [6.45, 7) is 2.63. The van der Waals surface area contributed by atoms with E-state index in [1.54, 1.807) is 36.4 Å². The van der Waals surface area contributed by atoms with Crippen molar-refractivity contribution in [2.24, 2.45) is 0 Å². The van der Waals surface area contributed by atoms with Crippen LogP contribution in [0.25, 0.3) is 0 Å². The Bertz CT molecular complexity index is 839. The highest BCUT2D eigenvalue weighted by molar-refractivity contribution is 9.10. The van der Waals surface area contributed by atoms with Gasteiger partial charge >= 0.3 is 0 Å². The number of sulfonamides is 1. The molecule has 1 saturated heterocycles. The largest absolute Gasteiger partial charge is 0.378 e. The van der Waals surface area contributed by atoms with E-state index in [1.165, 1.54) is 0 Å². The Balaban J connectivity index is 1.95. The molecule has 0 spiro atoms. The third kappa shape index (κ3) is 4.03. The standard InChI is InChI=1S/C16H16BrClN2O3S/c17-12-2-1-3-14(10-12)24(21,22)19-15-11-13(18)4-5-16(15)20-6-8-23-9-7-20/h1-5,10-11,19H,6-9H2. The fourth-order valence-corrected chi connectivity index (χ4v) is 4.34. The summed E-state index contributed by atoms with van der Waals surface area (Å²) >= 11 is 9.36. The summed E-state index contributed by atoms with van der Waals surface area (Å²) in [7, 11) is -3.71. The normalized spacial score (nSPS) is 15.3. The van der Waals surface area contributed by atoms with Crippen LogP contribution in [0, 0.1) is 0 Å². The lowest BCUT2D eigenvalue weighted by Crippen LogP contribution is -2.36. The van der Waals surface area contributed by atoms with E-state index in [9.17, 15) is 8.42 Å². The van der Waals surface area contributed by atoms with Crippen LogP contribution in [0.4, 0.5) is 11.4 Å². The zero-order valence-electron chi connectivity index (χ0n) is 12.7. The molecule has 0 aliphatic carbocycles. The molecule has 0 bridgehead atoms. The predicted molar refractivity (Wildman–Crippen MR) is 99.4 cm³/mol. The van der Waals surface area contributed by atoms with E-state index in [0.29, 0.717) is 41.5 Å². The predicted octanol–water partition coefficient (Wildman–Crippen LogP) is 3.74. The van der Waals surface area contributed by atoms with E-state index in [-0.39, 0.29) is 4.90 Å². The SMILES string of the molecule is O=S(=O)(Nc1cc(Cl)ccc1N1CCOCC1)c1cccc(Br)c1. The fraction of sp³-hybridized carbons (Fsp3) is 0.250. The van der Waals surface area contributed by atoms with Crippen molar-refractivity contribution in [1.82, 2.24) is 0 Å². The van der Waals surface area contributed by atoms with Gasteiger partial charge in [-0.2, -0.15) is 0 Å². The number of hydrogen-bond acceptors (Lipinski definition) is 4. The van der Waals surface area contributed by atoms with Crippen LogP contribution in [0.1, 0.15) is 0 Å². The van der Waals surface area contributed by atoms with Gasteiger partial charge in [0.15, 0.2) is 0 Å². The highest BCUT2D eigenvalue weighted by Gasteiger charge is 2.20. The van der Waals surface area contributed by atoms with Crippen molar-refractivity contribution in [3.05, 3.63) is 52.0 Å². The van der Waals surface area contributed by atoms with Crippen molar-refractivity contribution in [3.63, 3.8) is 0 Å². The van der Waals surface area contributed by atoms with Crippen LogP contribution in [0.3, 0.4) is 0 Å². The number of nitrogens with zero attached hydrogens (tertiary/aromatic N) is 1. The molecule has 1 heterocycles. The van der Waals surface area contributed by atoms with Crippen molar-refractivity contribution in [1.29, 1.82) is 0 Å². The smallest absolute Gasteiger partial charge is 0.262 e. The van der Waals surface area contributed by atoms with E-state index in [2.05, 4.69) is 25.6 Å². The summed E-state index contributed by atoms with van der Waals surface area (Å²) in [6, 6.07) is 11.8. The minimum absolute atomic E-state index is 0.185. The first-order valence-corrected chi connectivity index (χ1v) is 10.0. The second kappa shape index (κ2) is 7.31. The molecule has 1 aliphatic heterocycles. The Labute approximate surface area is 154 Å². The minimum Gasteiger partial charge on any atom is -0.378 e. The summed E-state index contributed by atoms with van der Waals surface area (Å²) in [5, 5.41) is 0.471. The summed E-state index contributed by atoms with van der Waals surface area (Å²) < 4.78 is 34.1. The Morgan fingerprint density at radius 2 is 1.88 bits per heavy atom. The molecule has 24 heavy (non-hydrogen) atoms. The van der Waals surface area contributed by atoms with E-state index in [0.717, 1.165) is 5.69 Å². The third-order valence-electron chi connectivity index (χ3n) is 3.66. The molecular formula is C16H16BrClN2O3S. The molecular weight excluding hydrogens is 416 g/mol. The Kier molecular flexibility index (Phi) is 5.34. The summed E-state index contributed by atoms with van der Waals surface area (Å²) in [5.41, 5.74) is 1.26. The second-order valence-corrected chi connectivity index (χ2v) is 8.36. The number of rotatable bonds is 4. The number of hydrogen-bond donors (Lipinski definition) is 1. The molecule has 3 rings (SSSR count). The molecule has 0 aromatic heterocycles. The van der Waals surface area contributed by atoms with Gasteiger partial charge < -0.3 is 9.64 Å². The molecule has 1 aliphatic rings. The molecule has 0 atom stereocenters. The molecule has 1 fully saturated rings. The molecule has 2 aromatic rings. The monoisotopic (exact) mass is 430 g/mol. The van der Waals surface area contributed by atoms with Crippen LogP contribution >= 0.6 is 27.5 Å². The number of halogens is 2. The number of benzene rings is 2. The second-order valence-electron chi connectivity index (χ2n) is 5.32. The van der Waals surface area contributed by atoms with Gasteiger partial charge in [0.1, 0.15) is 0 Å². The van der Waals surface area contributed by atoms with E-state index in [1.807, 2.05) is 6.07 Å². The number of morpholine rings is 1. The molecule has 5 nitrogen and oxygen atoms in total. The first kappa shape index (κ1) is 17.5. The van der Waals surface area contributed by atoms with Crippen LogP contribution in [0.15, 0.2) is 51.8 Å². The minimum atomic E-state index is -3.71. The van der Waals surface area contributed by atoms with Gasteiger partial charge in [0.25, 0.3) is 10.0 Å². The lowest BCUT2D eigenvalue weighted by molar-refractivity contribution is 0.123. The lowest BCUT2D eigenvalue weighted by atomic mass is 10.2. The molecule has 2 aromatic carbocycles. The molecule has 0 unspecified atom stereocenters. The van der Waals surface area contributed by atoms with Gasteiger partial charge in [-0.05, 0) is 36.4 Å². The Hall–Kier alpha value is -1.28.